The number of nitrogens with zero attached hydrogens (tertiary/aromatic N) is 1. The van der Waals surface area contributed by atoms with Gasteiger partial charge in [-0.2, -0.15) is 5.26 Å². The van der Waals surface area contributed by atoms with Crippen LogP contribution in [0.15, 0.2) is 35.5 Å². The molecule has 1 atom stereocenters. The molecule has 7 nitrogen and oxygen atoms in total. The summed E-state index contributed by atoms with van der Waals surface area (Å²) in [6.45, 7) is 3.82. The van der Waals surface area contributed by atoms with Crippen molar-refractivity contribution in [2.24, 2.45) is 0 Å². The second-order valence-electron chi connectivity index (χ2n) is 5.10. The van der Waals surface area contributed by atoms with Gasteiger partial charge < -0.3 is 20.1 Å². The fraction of sp³-hybridized carbons (Fsp3) is 0.353. The van der Waals surface area contributed by atoms with E-state index in [9.17, 15) is 9.59 Å². The average Bonchev–Trinajstić information content (AvgIpc) is 2.59. The lowest BCUT2D eigenvalue weighted by Gasteiger charge is -2.28. The lowest BCUT2D eigenvalue weighted by Crippen LogP contribution is -2.51. The molecule has 2 rings (SSSR count). The maximum absolute atomic E-state index is 12.2. The van der Waals surface area contributed by atoms with Gasteiger partial charge in [-0.1, -0.05) is 13.0 Å². The van der Waals surface area contributed by atoms with Gasteiger partial charge in [0.05, 0.1) is 35.6 Å². The minimum absolute atomic E-state index is 0.00699. The minimum atomic E-state index is -0.485. The third-order valence-corrected chi connectivity index (χ3v) is 3.49. The number of benzene rings is 1. The normalized spacial score (nSPS) is 16.7. The molecule has 2 amide bonds. The molecule has 0 saturated heterocycles. The lowest BCUT2D eigenvalue weighted by atomic mass is 10.0. The maximum atomic E-state index is 12.2. The molecule has 0 aliphatic carbocycles. The van der Waals surface area contributed by atoms with Gasteiger partial charge in [0.25, 0.3) is 0 Å². The number of carbonyl (C=O) groups excluding carboxylic acids is 2. The number of urea groups is 1. The van der Waals surface area contributed by atoms with Gasteiger partial charge in [-0.15, -0.1) is 0 Å². The van der Waals surface area contributed by atoms with E-state index in [0.717, 1.165) is 0 Å². The fourth-order valence-corrected chi connectivity index (χ4v) is 2.39. The van der Waals surface area contributed by atoms with Crippen LogP contribution in [0.2, 0.25) is 0 Å². The van der Waals surface area contributed by atoms with E-state index < -0.39 is 12.0 Å². The summed E-state index contributed by atoms with van der Waals surface area (Å²) in [5.74, 6) is -0.00758. The van der Waals surface area contributed by atoms with E-state index in [1.807, 2.05) is 13.0 Å². The van der Waals surface area contributed by atoms with E-state index in [-0.39, 0.29) is 19.2 Å². The topological polar surface area (TPSA) is 100 Å². The highest BCUT2D eigenvalue weighted by atomic mass is 16.5. The molecule has 7 heteroatoms. The molecule has 1 heterocycles. The monoisotopic (exact) mass is 329 g/mol. The molecule has 0 aromatic heterocycles. The van der Waals surface area contributed by atoms with Gasteiger partial charge in [0.1, 0.15) is 12.4 Å². The number of amides is 2. The highest BCUT2D eigenvalue weighted by Crippen LogP contribution is 2.19. The summed E-state index contributed by atoms with van der Waals surface area (Å²) in [7, 11) is 0. The standard InChI is InChI=1S/C17H19N3O4/c1-3-13-15(16(21)23-4-2)14(20-17(22)19-13)10-24-12-7-5-6-11(8-12)9-18/h5-8,13H,3-4,10H2,1-2H3,(H2,19,20,22)/t13-/m0/s1. The first kappa shape index (κ1) is 17.3. The molecule has 0 unspecified atom stereocenters. The molecule has 1 aromatic carbocycles. The summed E-state index contributed by atoms with van der Waals surface area (Å²) in [5.41, 5.74) is 1.19. The van der Waals surface area contributed by atoms with Crippen molar-refractivity contribution in [2.75, 3.05) is 13.2 Å². The molecular weight excluding hydrogens is 310 g/mol. The minimum Gasteiger partial charge on any atom is -0.487 e. The molecule has 2 N–H and O–H groups in total. The van der Waals surface area contributed by atoms with E-state index in [0.29, 0.717) is 29.0 Å². The third kappa shape index (κ3) is 4.04. The van der Waals surface area contributed by atoms with Gasteiger partial charge >= 0.3 is 12.0 Å². The Labute approximate surface area is 140 Å². The zero-order valence-electron chi connectivity index (χ0n) is 13.6. The highest BCUT2D eigenvalue weighted by molar-refractivity contribution is 5.94. The Morgan fingerprint density at radius 2 is 2.17 bits per heavy atom. The van der Waals surface area contributed by atoms with Gasteiger partial charge in [0, 0.05) is 0 Å². The predicted molar refractivity (Wildman–Crippen MR) is 86.1 cm³/mol. The van der Waals surface area contributed by atoms with Crippen LogP contribution >= 0.6 is 0 Å². The number of carbonyl (C=O) groups is 2. The SMILES string of the molecule is CCOC(=O)C1=C(COc2cccc(C#N)c2)NC(=O)N[C@H]1CC. The van der Waals surface area contributed by atoms with E-state index in [1.165, 1.54) is 0 Å². The summed E-state index contributed by atoms with van der Waals surface area (Å²) >= 11 is 0. The largest absolute Gasteiger partial charge is 0.487 e. The van der Waals surface area contributed by atoms with Crippen molar-refractivity contribution in [3.05, 3.63) is 41.1 Å². The Morgan fingerprint density at radius 1 is 1.38 bits per heavy atom. The summed E-state index contributed by atoms with van der Waals surface area (Å²) in [6.07, 6.45) is 0.551. The van der Waals surface area contributed by atoms with Crippen LogP contribution in [0.4, 0.5) is 4.79 Å². The van der Waals surface area contributed by atoms with Crippen LogP contribution < -0.4 is 15.4 Å². The number of ether oxygens (including phenoxy) is 2. The molecular formula is C17H19N3O4. The number of esters is 1. The second-order valence-corrected chi connectivity index (χ2v) is 5.10. The van der Waals surface area contributed by atoms with Crippen molar-refractivity contribution >= 4 is 12.0 Å². The molecule has 1 aliphatic rings. The maximum Gasteiger partial charge on any atom is 0.338 e. The number of nitriles is 1. The average molecular weight is 329 g/mol. The Bertz CT molecular complexity index is 706. The molecule has 0 fully saturated rings. The van der Waals surface area contributed by atoms with E-state index >= 15 is 0 Å². The predicted octanol–water partition coefficient (Wildman–Crippen LogP) is 1.85. The van der Waals surface area contributed by atoms with E-state index in [4.69, 9.17) is 14.7 Å². The summed E-state index contributed by atoms with van der Waals surface area (Å²) < 4.78 is 10.7. The number of hydrogen-bond donors (Lipinski definition) is 2. The first-order chi connectivity index (χ1) is 11.6. The summed E-state index contributed by atoms with van der Waals surface area (Å²) in [4.78, 5) is 24.0. The first-order valence-electron chi connectivity index (χ1n) is 7.69. The second kappa shape index (κ2) is 8.02. The van der Waals surface area contributed by atoms with Gasteiger partial charge in [0.2, 0.25) is 0 Å². The fourth-order valence-electron chi connectivity index (χ4n) is 2.39. The Morgan fingerprint density at radius 3 is 2.83 bits per heavy atom. The number of hydrogen-bond acceptors (Lipinski definition) is 5. The van der Waals surface area contributed by atoms with Crippen LogP contribution in [0.5, 0.6) is 5.75 Å². The zero-order valence-corrected chi connectivity index (χ0v) is 13.6. The van der Waals surface area contributed by atoms with Crippen LogP contribution in [-0.2, 0) is 9.53 Å². The van der Waals surface area contributed by atoms with Crippen molar-refractivity contribution < 1.29 is 19.1 Å². The summed E-state index contributed by atoms with van der Waals surface area (Å²) in [6, 6.07) is 7.86. The van der Waals surface area contributed by atoms with Gasteiger partial charge in [-0.05, 0) is 31.5 Å². The highest BCUT2D eigenvalue weighted by Gasteiger charge is 2.31. The molecule has 24 heavy (non-hydrogen) atoms. The molecule has 0 radical (unpaired) electrons. The molecule has 0 spiro atoms. The molecule has 0 saturated carbocycles. The quantitative estimate of drug-likeness (QED) is 0.776. The van der Waals surface area contributed by atoms with Crippen molar-refractivity contribution in [3.63, 3.8) is 0 Å². The van der Waals surface area contributed by atoms with Gasteiger partial charge in [0.15, 0.2) is 0 Å². The van der Waals surface area contributed by atoms with Crippen molar-refractivity contribution in [1.82, 2.24) is 10.6 Å². The Kier molecular flexibility index (Phi) is 5.79. The smallest absolute Gasteiger partial charge is 0.338 e. The Balaban J connectivity index is 2.25. The van der Waals surface area contributed by atoms with Gasteiger partial charge in [-0.3, -0.25) is 0 Å². The van der Waals surface area contributed by atoms with Crippen molar-refractivity contribution in [1.29, 1.82) is 5.26 Å². The molecule has 126 valence electrons. The number of nitrogens with one attached hydrogen (secondary N) is 2. The molecule has 1 aromatic rings. The molecule has 0 bridgehead atoms. The number of rotatable bonds is 6. The summed E-state index contributed by atoms with van der Waals surface area (Å²) in [5, 5.41) is 14.2. The van der Waals surface area contributed by atoms with Crippen LogP contribution in [0, 0.1) is 11.3 Å². The van der Waals surface area contributed by atoms with Crippen LogP contribution in [0.3, 0.4) is 0 Å². The Hall–Kier alpha value is -3.01. The van der Waals surface area contributed by atoms with Gasteiger partial charge in [-0.25, -0.2) is 9.59 Å². The van der Waals surface area contributed by atoms with Crippen LogP contribution in [0.1, 0.15) is 25.8 Å². The van der Waals surface area contributed by atoms with E-state index in [2.05, 4.69) is 10.6 Å². The van der Waals surface area contributed by atoms with Crippen LogP contribution in [0.25, 0.3) is 0 Å². The lowest BCUT2D eigenvalue weighted by molar-refractivity contribution is -0.139. The zero-order chi connectivity index (χ0) is 17.5. The van der Waals surface area contributed by atoms with Crippen molar-refractivity contribution in [2.45, 2.75) is 26.3 Å². The first-order valence-corrected chi connectivity index (χ1v) is 7.69. The van der Waals surface area contributed by atoms with E-state index in [1.54, 1.807) is 31.2 Å². The van der Waals surface area contributed by atoms with Crippen molar-refractivity contribution in [3.8, 4) is 11.8 Å². The third-order valence-electron chi connectivity index (χ3n) is 3.49. The van der Waals surface area contributed by atoms with Crippen LogP contribution in [-0.4, -0.2) is 31.3 Å². The molecule has 1 aliphatic heterocycles.